The molecule has 0 bridgehead atoms. The molecule has 0 aliphatic rings. The summed E-state index contributed by atoms with van der Waals surface area (Å²) >= 11 is 0. The van der Waals surface area contributed by atoms with Gasteiger partial charge in [-0.3, -0.25) is 33.6 Å². The lowest BCUT2D eigenvalue weighted by atomic mass is 10.0. The summed E-state index contributed by atoms with van der Waals surface area (Å²) in [7, 11) is 0. The average molecular weight is 808 g/mol. The highest BCUT2D eigenvalue weighted by atomic mass is 16.4. The first kappa shape index (κ1) is 45.7. The number of amides is 6. The molecule has 312 valence electrons. The monoisotopic (exact) mass is 807 g/mol. The van der Waals surface area contributed by atoms with Gasteiger partial charge in [-0.1, -0.05) is 36.4 Å². The van der Waals surface area contributed by atoms with Crippen LogP contribution in [0, 0.1) is 0 Å². The molecule has 3 aromatic rings. The van der Waals surface area contributed by atoms with Crippen LogP contribution in [0.4, 0.5) is 0 Å². The van der Waals surface area contributed by atoms with Gasteiger partial charge in [0.05, 0.1) is 12.6 Å². The molecule has 58 heavy (non-hydrogen) atoms. The summed E-state index contributed by atoms with van der Waals surface area (Å²) in [5, 5.41) is 62.7. The number of nitrogens with two attached hydrogens (primary N) is 1. The Morgan fingerprint density at radius 2 is 0.776 bits per heavy atom. The summed E-state index contributed by atoms with van der Waals surface area (Å²) in [6.45, 7) is 2.84. The molecule has 0 saturated heterocycles. The Labute approximate surface area is 333 Å². The van der Waals surface area contributed by atoms with Crippen molar-refractivity contribution in [2.45, 2.75) is 82.3 Å². The number of benzene rings is 3. The van der Waals surface area contributed by atoms with Crippen LogP contribution in [0.2, 0.25) is 0 Å². The van der Waals surface area contributed by atoms with Gasteiger partial charge in [0.1, 0.15) is 53.5 Å². The number of phenolic OH excluding ortho intramolecular Hbond substituents is 3. The lowest BCUT2D eigenvalue weighted by Gasteiger charge is -2.26. The van der Waals surface area contributed by atoms with Gasteiger partial charge in [-0.15, -0.1) is 0 Å². The van der Waals surface area contributed by atoms with E-state index in [0.717, 1.165) is 0 Å². The van der Waals surface area contributed by atoms with E-state index in [4.69, 9.17) is 10.8 Å². The second-order valence-corrected chi connectivity index (χ2v) is 13.6. The van der Waals surface area contributed by atoms with Gasteiger partial charge < -0.3 is 63.2 Å². The molecular formula is C39H49N7O12. The number of carboxylic acids is 1. The Hall–Kier alpha value is -6.73. The first-order chi connectivity index (χ1) is 27.4. The fraction of sp³-hybridized carbons (Fsp3) is 0.359. The predicted molar refractivity (Wildman–Crippen MR) is 207 cm³/mol. The largest absolute Gasteiger partial charge is 0.508 e. The van der Waals surface area contributed by atoms with Crippen LogP contribution in [-0.4, -0.2) is 116 Å². The van der Waals surface area contributed by atoms with Gasteiger partial charge in [0.2, 0.25) is 35.4 Å². The van der Waals surface area contributed by atoms with Crippen molar-refractivity contribution >= 4 is 41.4 Å². The van der Waals surface area contributed by atoms with Gasteiger partial charge in [0.25, 0.3) is 0 Å². The molecule has 0 aliphatic carbocycles. The van der Waals surface area contributed by atoms with Crippen LogP contribution >= 0.6 is 0 Å². The maximum atomic E-state index is 14.0. The van der Waals surface area contributed by atoms with E-state index >= 15 is 0 Å². The van der Waals surface area contributed by atoms with E-state index in [1.165, 1.54) is 81.4 Å². The SMILES string of the molecule is C[C@H](NC(=O)[C@H](C)NC(=O)[C@H](C)NC(=O)[C@H](CO)NC(=O)[C@H](Cc1ccc(O)cc1)NC(=O)[C@H](Cc1ccc(O)cc1)NC(=O)[C@@H](N)Cc1ccc(O)cc1)C(=O)O. The molecule has 7 atom stereocenters. The van der Waals surface area contributed by atoms with Gasteiger partial charge in [-0.05, 0) is 80.3 Å². The molecule has 6 amide bonds. The summed E-state index contributed by atoms with van der Waals surface area (Å²) in [6.07, 6.45) is -0.258. The number of aromatic hydroxyl groups is 3. The number of carbonyl (C=O) groups is 7. The fourth-order valence-electron chi connectivity index (χ4n) is 5.33. The van der Waals surface area contributed by atoms with Crippen molar-refractivity contribution in [3.05, 3.63) is 89.5 Å². The molecule has 0 unspecified atom stereocenters. The predicted octanol–water partition coefficient (Wildman–Crippen LogP) is -1.80. The van der Waals surface area contributed by atoms with Crippen LogP contribution < -0.4 is 37.6 Å². The van der Waals surface area contributed by atoms with Gasteiger partial charge in [-0.2, -0.15) is 0 Å². The number of hydrogen-bond donors (Lipinski definition) is 12. The highest BCUT2D eigenvalue weighted by Crippen LogP contribution is 2.15. The van der Waals surface area contributed by atoms with Gasteiger partial charge in [0, 0.05) is 12.8 Å². The smallest absolute Gasteiger partial charge is 0.325 e. The maximum Gasteiger partial charge on any atom is 0.325 e. The molecule has 19 heteroatoms. The molecule has 0 aromatic heterocycles. The third kappa shape index (κ3) is 14.4. The van der Waals surface area contributed by atoms with Crippen molar-refractivity contribution in [1.29, 1.82) is 0 Å². The number of carbonyl (C=O) groups excluding carboxylic acids is 6. The Morgan fingerprint density at radius 3 is 1.16 bits per heavy atom. The Morgan fingerprint density at radius 1 is 0.466 bits per heavy atom. The molecule has 0 heterocycles. The molecule has 13 N–H and O–H groups in total. The van der Waals surface area contributed by atoms with Crippen molar-refractivity contribution in [3.8, 4) is 17.2 Å². The highest BCUT2D eigenvalue weighted by Gasteiger charge is 2.32. The molecule has 0 radical (unpaired) electrons. The highest BCUT2D eigenvalue weighted by molar-refractivity contribution is 5.97. The van der Waals surface area contributed by atoms with Crippen LogP contribution in [0.3, 0.4) is 0 Å². The first-order valence-electron chi connectivity index (χ1n) is 18.1. The topological polar surface area (TPSA) is 319 Å². The number of nitrogens with one attached hydrogen (secondary N) is 6. The van der Waals surface area contributed by atoms with Crippen LogP contribution in [0.1, 0.15) is 37.5 Å². The van der Waals surface area contributed by atoms with Crippen molar-refractivity contribution in [1.82, 2.24) is 31.9 Å². The number of rotatable bonds is 20. The normalized spacial score (nSPS) is 14.5. The molecule has 3 aromatic carbocycles. The van der Waals surface area contributed by atoms with E-state index in [1.807, 2.05) is 0 Å². The quantitative estimate of drug-likeness (QED) is 0.0601. The lowest BCUT2D eigenvalue weighted by molar-refractivity contribution is -0.141. The third-order valence-electron chi connectivity index (χ3n) is 8.80. The van der Waals surface area contributed by atoms with Crippen molar-refractivity contribution in [2.75, 3.05) is 6.61 Å². The molecule has 19 nitrogen and oxygen atoms in total. The lowest BCUT2D eigenvalue weighted by Crippen LogP contribution is -2.60. The summed E-state index contributed by atoms with van der Waals surface area (Å²) in [4.78, 5) is 90.3. The molecule has 0 fully saturated rings. The van der Waals surface area contributed by atoms with Crippen molar-refractivity contribution in [3.63, 3.8) is 0 Å². The maximum absolute atomic E-state index is 14.0. The van der Waals surface area contributed by atoms with E-state index < -0.39 is 90.3 Å². The van der Waals surface area contributed by atoms with Crippen LogP contribution in [0.25, 0.3) is 0 Å². The molecule has 3 rings (SSSR count). The zero-order valence-corrected chi connectivity index (χ0v) is 32.0. The summed E-state index contributed by atoms with van der Waals surface area (Å²) in [6, 6.07) is 8.24. The minimum absolute atomic E-state index is 0.0191. The van der Waals surface area contributed by atoms with Crippen molar-refractivity contribution < 1.29 is 59.1 Å². The standard InChI is InChI=1S/C39H49N7O12/c1-20(34(52)43-22(3)39(57)58)41-33(51)21(2)42-38(56)32(19-47)46-37(55)31(18-25-8-14-28(50)15-9-25)45-36(54)30(17-24-6-12-27(49)13-7-24)44-35(53)29(40)16-23-4-10-26(48)11-5-23/h4-15,20-22,29-32,47-50H,16-19,40H2,1-3H3,(H,41,51)(H,42,56)(H,43,52)(H,44,53)(H,45,54)(H,46,55)(H,57,58)/t20-,21-,22-,29-,30-,31-,32-/m0/s1. The Balaban J connectivity index is 1.79. The molecule has 0 aliphatic heterocycles. The first-order valence-corrected chi connectivity index (χ1v) is 18.1. The Bertz CT molecular complexity index is 1910. The number of phenols is 3. The minimum atomic E-state index is -1.65. The van der Waals surface area contributed by atoms with E-state index in [0.29, 0.717) is 16.7 Å². The van der Waals surface area contributed by atoms with Gasteiger partial charge in [-0.25, -0.2) is 0 Å². The van der Waals surface area contributed by atoms with Crippen LogP contribution in [0.15, 0.2) is 72.8 Å². The summed E-state index contributed by atoms with van der Waals surface area (Å²) < 4.78 is 0. The number of aliphatic hydroxyl groups excluding tert-OH is 1. The van der Waals surface area contributed by atoms with Crippen LogP contribution in [0.5, 0.6) is 17.2 Å². The van der Waals surface area contributed by atoms with E-state index in [9.17, 15) is 54.0 Å². The number of aliphatic hydroxyl groups is 1. The number of aliphatic carboxylic acids is 1. The van der Waals surface area contributed by atoms with Gasteiger partial charge in [0.15, 0.2) is 0 Å². The fourth-order valence-corrected chi connectivity index (χ4v) is 5.33. The minimum Gasteiger partial charge on any atom is -0.508 e. The van der Waals surface area contributed by atoms with E-state index in [1.54, 1.807) is 12.1 Å². The summed E-state index contributed by atoms with van der Waals surface area (Å²) in [5.41, 5.74) is 7.79. The van der Waals surface area contributed by atoms with Crippen molar-refractivity contribution in [2.24, 2.45) is 5.73 Å². The van der Waals surface area contributed by atoms with E-state index in [2.05, 4.69) is 31.9 Å². The zero-order chi connectivity index (χ0) is 43.1. The Kier molecular flexibility index (Phi) is 17.0. The second-order valence-electron chi connectivity index (χ2n) is 13.6. The molecular weight excluding hydrogens is 758 g/mol. The number of hydrogen-bond acceptors (Lipinski definition) is 12. The molecule has 0 spiro atoms. The zero-order valence-electron chi connectivity index (χ0n) is 32.0. The second kappa shape index (κ2) is 21.5. The van der Waals surface area contributed by atoms with Crippen LogP contribution in [-0.2, 0) is 52.8 Å². The average Bonchev–Trinajstić information content (AvgIpc) is 3.18. The summed E-state index contributed by atoms with van der Waals surface area (Å²) in [5.74, 6) is -6.56. The van der Waals surface area contributed by atoms with Gasteiger partial charge >= 0.3 is 5.97 Å². The third-order valence-corrected chi connectivity index (χ3v) is 8.80. The molecule has 0 saturated carbocycles. The number of carboxylic acid groups (broad SMARTS) is 1. The van der Waals surface area contributed by atoms with E-state index in [-0.39, 0.29) is 36.5 Å².